The summed E-state index contributed by atoms with van der Waals surface area (Å²) in [5.74, 6) is -0.867. The molecule has 406 valence electrons. The van der Waals surface area contributed by atoms with Crippen molar-refractivity contribution in [1.29, 1.82) is 0 Å². The maximum atomic E-state index is 12.8. The van der Waals surface area contributed by atoms with Crippen LogP contribution in [0.15, 0.2) is 24.3 Å². The summed E-state index contributed by atoms with van der Waals surface area (Å²) in [7, 11) is 0. The zero-order valence-electron chi connectivity index (χ0n) is 46.6. The topological polar surface area (TPSA) is 78.9 Å². The summed E-state index contributed by atoms with van der Waals surface area (Å²) in [6.45, 7) is 6.60. The maximum absolute atomic E-state index is 12.8. The van der Waals surface area contributed by atoms with Crippen molar-refractivity contribution in [2.75, 3.05) is 13.2 Å². The van der Waals surface area contributed by atoms with E-state index in [1.807, 2.05) is 0 Å². The molecule has 0 fully saturated rings. The van der Waals surface area contributed by atoms with Gasteiger partial charge in [0.2, 0.25) is 0 Å². The molecule has 0 aliphatic rings. The van der Waals surface area contributed by atoms with Crippen LogP contribution in [-0.4, -0.2) is 37.2 Å². The van der Waals surface area contributed by atoms with Crippen LogP contribution in [-0.2, 0) is 28.6 Å². The largest absolute Gasteiger partial charge is 0.462 e. The van der Waals surface area contributed by atoms with Crippen molar-refractivity contribution in [1.82, 2.24) is 0 Å². The minimum absolute atomic E-state index is 0.0687. The number of rotatable bonds is 57. The van der Waals surface area contributed by atoms with Gasteiger partial charge in [-0.3, -0.25) is 14.4 Å². The molecule has 0 bridgehead atoms. The second-order valence-corrected chi connectivity index (χ2v) is 21.0. The Morgan fingerprint density at radius 1 is 0.290 bits per heavy atom. The van der Waals surface area contributed by atoms with Gasteiger partial charge in [0.05, 0.1) is 0 Å². The van der Waals surface area contributed by atoms with E-state index in [4.69, 9.17) is 14.2 Å². The Hall–Kier alpha value is -2.11. The van der Waals surface area contributed by atoms with Gasteiger partial charge in [0.1, 0.15) is 13.2 Å². The highest BCUT2D eigenvalue weighted by atomic mass is 16.6. The lowest BCUT2D eigenvalue weighted by Gasteiger charge is -2.18. The first-order valence-electron chi connectivity index (χ1n) is 30.8. The predicted octanol–water partition coefficient (Wildman–Crippen LogP) is 20.7. The summed E-state index contributed by atoms with van der Waals surface area (Å²) in [5.41, 5.74) is 0. The lowest BCUT2D eigenvalue weighted by molar-refractivity contribution is -0.167. The van der Waals surface area contributed by atoms with E-state index in [2.05, 4.69) is 45.1 Å². The molecule has 0 heterocycles. The van der Waals surface area contributed by atoms with E-state index in [0.29, 0.717) is 19.3 Å². The lowest BCUT2D eigenvalue weighted by Crippen LogP contribution is -2.30. The second kappa shape index (κ2) is 58.5. The molecule has 0 N–H and O–H groups in total. The van der Waals surface area contributed by atoms with Gasteiger partial charge in [0.15, 0.2) is 6.10 Å². The van der Waals surface area contributed by atoms with Crippen LogP contribution in [0.2, 0.25) is 0 Å². The fourth-order valence-electron chi connectivity index (χ4n) is 9.30. The normalized spacial score (nSPS) is 12.1. The van der Waals surface area contributed by atoms with Crippen LogP contribution < -0.4 is 0 Å². The maximum Gasteiger partial charge on any atom is 0.306 e. The van der Waals surface area contributed by atoms with Crippen LogP contribution in [0.1, 0.15) is 342 Å². The highest BCUT2D eigenvalue weighted by Crippen LogP contribution is 2.18. The molecule has 69 heavy (non-hydrogen) atoms. The van der Waals surface area contributed by atoms with Gasteiger partial charge >= 0.3 is 17.9 Å². The Kier molecular flexibility index (Phi) is 56.7. The van der Waals surface area contributed by atoms with E-state index in [-0.39, 0.29) is 31.1 Å². The van der Waals surface area contributed by atoms with Crippen molar-refractivity contribution in [2.24, 2.45) is 0 Å². The third kappa shape index (κ3) is 56.7. The Morgan fingerprint density at radius 3 is 0.797 bits per heavy atom. The number of hydrogen-bond donors (Lipinski definition) is 0. The number of allylic oxidation sites excluding steroid dienone is 4. The number of hydrogen-bond acceptors (Lipinski definition) is 6. The Morgan fingerprint density at radius 2 is 0.522 bits per heavy atom. The molecule has 6 nitrogen and oxygen atoms in total. The molecule has 0 radical (unpaired) electrons. The molecule has 1 atom stereocenters. The summed E-state index contributed by atoms with van der Waals surface area (Å²) < 4.78 is 16.8. The van der Waals surface area contributed by atoms with E-state index in [0.717, 1.165) is 70.6 Å². The van der Waals surface area contributed by atoms with Crippen LogP contribution >= 0.6 is 0 Å². The summed E-state index contributed by atoms with van der Waals surface area (Å²) in [5, 5.41) is 0. The molecular weight excluding hydrogens is 853 g/mol. The summed E-state index contributed by atoms with van der Waals surface area (Å²) in [6, 6.07) is 0. The fourth-order valence-corrected chi connectivity index (χ4v) is 9.30. The average Bonchev–Trinajstić information content (AvgIpc) is 3.35. The SMILES string of the molecule is CCCCCCC/C=C\C/C=C\CCCCCCCCCCCC(=O)OC(COC(=O)CCCCCCC)COC(=O)CCCCCCCCCCCCCCCCCCCCCCCCCCC. The molecule has 0 aromatic heterocycles. The van der Waals surface area contributed by atoms with Gasteiger partial charge in [-0.25, -0.2) is 0 Å². The van der Waals surface area contributed by atoms with Gasteiger partial charge in [-0.1, -0.05) is 295 Å². The van der Waals surface area contributed by atoms with E-state index < -0.39 is 6.10 Å². The lowest BCUT2D eigenvalue weighted by atomic mass is 10.0. The van der Waals surface area contributed by atoms with E-state index in [1.54, 1.807) is 0 Å². The molecule has 0 rings (SSSR count). The molecule has 0 spiro atoms. The van der Waals surface area contributed by atoms with Crippen molar-refractivity contribution in [2.45, 2.75) is 348 Å². The quantitative estimate of drug-likeness (QED) is 0.0261. The minimum atomic E-state index is -0.767. The minimum Gasteiger partial charge on any atom is -0.462 e. The zero-order chi connectivity index (χ0) is 50.0. The number of carbonyl (C=O) groups excluding carboxylic acids is 3. The highest BCUT2D eigenvalue weighted by molar-refractivity contribution is 5.71. The van der Waals surface area contributed by atoms with Crippen molar-refractivity contribution in [3.63, 3.8) is 0 Å². The summed E-state index contributed by atoms with van der Waals surface area (Å²) in [6.07, 6.45) is 69.5. The van der Waals surface area contributed by atoms with E-state index in [1.165, 1.54) is 231 Å². The van der Waals surface area contributed by atoms with Gasteiger partial charge < -0.3 is 14.2 Å². The first kappa shape index (κ1) is 66.9. The second-order valence-electron chi connectivity index (χ2n) is 21.0. The van der Waals surface area contributed by atoms with Crippen LogP contribution in [0, 0.1) is 0 Å². The third-order valence-corrected chi connectivity index (χ3v) is 14.0. The summed E-state index contributed by atoms with van der Waals surface area (Å²) in [4.78, 5) is 37.9. The van der Waals surface area contributed by atoms with Gasteiger partial charge in [-0.15, -0.1) is 0 Å². The van der Waals surface area contributed by atoms with Gasteiger partial charge in [0.25, 0.3) is 0 Å². The predicted molar refractivity (Wildman–Crippen MR) is 298 cm³/mol. The zero-order valence-corrected chi connectivity index (χ0v) is 46.6. The molecule has 0 amide bonds. The summed E-state index contributed by atoms with van der Waals surface area (Å²) >= 11 is 0. The molecule has 0 aliphatic carbocycles. The fraction of sp³-hybridized carbons (Fsp3) is 0.889. The van der Waals surface area contributed by atoms with Crippen LogP contribution in [0.3, 0.4) is 0 Å². The monoisotopic (exact) mass is 971 g/mol. The molecule has 0 aliphatic heterocycles. The third-order valence-electron chi connectivity index (χ3n) is 14.0. The Labute approximate surface area is 430 Å². The Balaban J connectivity index is 4.00. The number of ether oxygens (including phenoxy) is 3. The first-order chi connectivity index (χ1) is 34.0. The Bertz CT molecular complexity index is 1110. The molecule has 6 heteroatoms. The smallest absolute Gasteiger partial charge is 0.306 e. The van der Waals surface area contributed by atoms with E-state index in [9.17, 15) is 14.4 Å². The molecule has 1 unspecified atom stereocenters. The van der Waals surface area contributed by atoms with Gasteiger partial charge in [-0.2, -0.15) is 0 Å². The highest BCUT2D eigenvalue weighted by Gasteiger charge is 2.19. The molecule has 0 aromatic carbocycles. The van der Waals surface area contributed by atoms with Crippen molar-refractivity contribution in [3.8, 4) is 0 Å². The molecular formula is C63H118O6. The standard InChI is InChI=1S/C63H118O6/c1-4-7-10-13-15-17-19-21-23-25-27-29-30-31-32-34-35-37-39-41-43-45-47-50-53-56-62(65)68-59-60(58-67-61(64)55-52-49-12-9-6-3)69-63(66)57-54-51-48-46-44-42-40-38-36-33-28-26-24-22-20-18-16-14-11-8-5-2/h20,22,26,28,60H,4-19,21,23-25,27,29-59H2,1-3H3/b22-20-,28-26-. The average molecular weight is 972 g/mol. The molecule has 0 saturated heterocycles. The molecule has 0 aromatic rings. The van der Waals surface area contributed by atoms with Crippen molar-refractivity contribution < 1.29 is 28.6 Å². The number of carbonyl (C=O) groups is 3. The molecule has 0 saturated carbocycles. The van der Waals surface area contributed by atoms with Crippen molar-refractivity contribution in [3.05, 3.63) is 24.3 Å². The van der Waals surface area contributed by atoms with Crippen molar-refractivity contribution >= 4 is 17.9 Å². The van der Waals surface area contributed by atoms with Crippen LogP contribution in [0.4, 0.5) is 0 Å². The van der Waals surface area contributed by atoms with Crippen LogP contribution in [0.25, 0.3) is 0 Å². The van der Waals surface area contributed by atoms with Gasteiger partial charge in [-0.05, 0) is 51.4 Å². The van der Waals surface area contributed by atoms with E-state index >= 15 is 0 Å². The van der Waals surface area contributed by atoms with Crippen LogP contribution in [0.5, 0.6) is 0 Å². The first-order valence-corrected chi connectivity index (χ1v) is 30.8. The number of esters is 3. The number of unbranched alkanes of at least 4 members (excludes halogenated alkanes) is 42. The van der Waals surface area contributed by atoms with Gasteiger partial charge in [0, 0.05) is 19.3 Å².